The maximum Gasteiger partial charge on any atom is 0.257 e. The molecule has 0 radical (unpaired) electrons. The molecule has 0 unspecified atom stereocenters. The van der Waals surface area contributed by atoms with Gasteiger partial charge in [0.05, 0.1) is 5.69 Å². The third-order valence-electron chi connectivity index (χ3n) is 0.911. The minimum absolute atomic E-state index is 0.00231. The molecule has 0 spiro atoms. The topological polar surface area (TPSA) is 59.1 Å². The van der Waals surface area contributed by atoms with Gasteiger partial charge in [-0.2, -0.15) is 4.39 Å². The van der Waals surface area contributed by atoms with Crippen LogP contribution in [0.1, 0.15) is 0 Å². The molecule has 48 valence electrons. The molecule has 1 rings (SSSR count). The Morgan fingerprint density at radius 2 is 2.33 bits per heavy atom. The minimum Gasteiger partial charge on any atom is -0.502 e. The number of pyridine rings is 1. The number of halogens is 1. The third kappa shape index (κ3) is 0.910. The molecule has 0 atom stereocenters. The van der Waals surface area contributed by atoms with Crippen molar-refractivity contribution in [3.05, 3.63) is 18.2 Å². The first kappa shape index (κ1) is 5.81. The largest absolute Gasteiger partial charge is 0.502 e. The molecule has 1 aromatic rings. The van der Waals surface area contributed by atoms with Crippen LogP contribution >= 0.6 is 0 Å². The Labute approximate surface area is 51.0 Å². The van der Waals surface area contributed by atoms with Crippen LogP contribution in [0.25, 0.3) is 0 Å². The van der Waals surface area contributed by atoms with Gasteiger partial charge < -0.3 is 10.8 Å². The third-order valence-corrected chi connectivity index (χ3v) is 0.911. The highest BCUT2D eigenvalue weighted by Crippen LogP contribution is 2.19. The first-order chi connectivity index (χ1) is 4.22. The molecule has 0 bridgehead atoms. The van der Waals surface area contributed by atoms with Crippen LogP contribution in [0.3, 0.4) is 0 Å². The Morgan fingerprint density at radius 1 is 1.67 bits per heavy atom. The van der Waals surface area contributed by atoms with E-state index in [1.807, 2.05) is 0 Å². The lowest BCUT2D eigenvalue weighted by Crippen LogP contribution is -1.89. The summed E-state index contributed by atoms with van der Waals surface area (Å²) in [6.07, 6.45) is 1.18. The van der Waals surface area contributed by atoms with Crippen LogP contribution in [-0.2, 0) is 0 Å². The molecule has 0 aromatic carbocycles. The van der Waals surface area contributed by atoms with Crippen molar-refractivity contribution in [2.75, 3.05) is 5.73 Å². The molecular weight excluding hydrogens is 123 g/mol. The molecule has 0 saturated carbocycles. The van der Waals surface area contributed by atoms with E-state index in [4.69, 9.17) is 10.8 Å². The monoisotopic (exact) mass is 128 g/mol. The Bertz CT molecular complexity index is 206. The number of nitrogens with zero attached hydrogens (tertiary/aromatic N) is 1. The second-order valence-corrected chi connectivity index (χ2v) is 1.54. The van der Waals surface area contributed by atoms with Gasteiger partial charge in [0.1, 0.15) is 0 Å². The molecule has 1 heterocycles. The van der Waals surface area contributed by atoms with E-state index in [0.29, 0.717) is 0 Å². The summed E-state index contributed by atoms with van der Waals surface area (Å²) in [5.41, 5.74) is 5.09. The fourth-order valence-corrected chi connectivity index (χ4v) is 0.442. The fourth-order valence-electron chi connectivity index (χ4n) is 0.442. The fraction of sp³-hybridized carbons (Fsp3) is 0. The number of aromatic nitrogens is 1. The average Bonchev–Trinajstić information content (AvgIpc) is 1.83. The van der Waals surface area contributed by atoms with Crippen LogP contribution in [0.15, 0.2) is 12.3 Å². The van der Waals surface area contributed by atoms with Crippen molar-refractivity contribution in [3.63, 3.8) is 0 Å². The molecule has 0 aliphatic carbocycles. The van der Waals surface area contributed by atoms with Crippen molar-refractivity contribution in [2.24, 2.45) is 0 Å². The standard InChI is InChI=1S/C5H5FN2O/c6-5-4(9)3(7)1-2-8-5/h1-2,9H,(H2,7,8). The predicted molar refractivity (Wildman–Crippen MR) is 30.3 cm³/mol. The van der Waals surface area contributed by atoms with Crippen molar-refractivity contribution in [1.29, 1.82) is 0 Å². The van der Waals surface area contributed by atoms with E-state index in [9.17, 15) is 4.39 Å². The second-order valence-electron chi connectivity index (χ2n) is 1.54. The maximum absolute atomic E-state index is 12.1. The quantitative estimate of drug-likeness (QED) is 0.500. The zero-order chi connectivity index (χ0) is 6.85. The number of rotatable bonds is 0. The maximum atomic E-state index is 12.1. The number of nitrogen functional groups attached to an aromatic ring is 1. The number of hydrogen-bond donors (Lipinski definition) is 2. The van der Waals surface area contributed by atoms with Gasteiger partial charge in [-0.3, -0.25) is 0 Å². The van der Waals surface area contributed by atoms with Crippen LogP contribution in [0.4, 0.5) is 10.1 Å². The molecule has 0 fully saturated rings. The van der Waals surface area contributed by atoms with Gasteiger partial charge in [0.25, 0.3) is 5.95 Å². The summed E-state index contributed by atoms with van der Waals surface area (Å²) in [7, 11) is 0. The summed E-state index contributed by atoms with van der Waals surface area (Å²) in [4.78, 5) is 3.14. The highest BCUT2D eigenvalue weighted by atomic mass is 19.1. The Kier molecular flexibility index (Phi) is 1.22. The predicted octanol–water partition coefficient (Wildman–Crippen LogP) is 0.508. The van der Waals surface area contributed by atoms with E-state index in [2.05, 4.69) is 4.98 Å². The molecule has 0 aliphatic rings. The van der Waals surface area contributed by atoms with Crippen LogP contribution < -0.4 is 5.73 Å². The van der Waals surface area contributed by atoms with Gasteiger partial charge in [0, 0.05) is 6.20 Å². The summed E-state index contributed by atoms with van der Waals surface area (Å²) < 4.78 is 12.1. The van der Waals surface area contributed by atoms with E-state index in [1.54, 1.807) is 0 Å². The molecule has 0 amide bonds. The van der Waals surface area contributed by atoms with Gasteiger partial charge in [-0.05, 0) is 6.07 Å². The molecular formula is C5H5FN2O. The van der Waals surface area contributed by atoms with Gasteiger partial charge in [0.15, 0.2) is 5.75 Å². The number of aromatic hydroxyl groups is 1. The van der Waals surface area contributed by atoms with Crippen LogP contribution in [0.5, 0.6) is 5.75 Å². The van der Waals surface area contributed by atoms with Gasteiger partial charge >= 0.3 is 0 Å². The smallest absolute Gasteiger partial charge is 0.257 e. The van der Waals surface area contributed by atoms with Crippen LogP contribution in [0, 0.1) is 5.95 Å². The summed E-state index contributed by atoms with van der Waals surface area (Å²) in [6, 6.07) is 1.32. The summed E-state index contributed by atoms with van der Waals surface area (Å²) in [6.45, 7) is 0. The summed E-state index contributed by atoms with van der Waals surface area (Å²) in [5.74, 6) is -1.52. The normalized spacial score (nSPS) is 9.44. The van der Waals surface area contributed by atoms with Crippen molar-refractivity contribution >= 4 is 5.69 Å². The number of anilines is 1. The van der Waals surface area contributed by atoms with E-state index < -0.39 is 11.7 Å². The van der Waals surface area contributed by atoms with Crippen LogP contribution in [-0.4, -0.2) is 10.1 Å². The lowest BCUT2D eigenvalue weighted by atomic mass is 10.4. The SMILES string of the molecule is Nc1ccnc(F)c1O. The molecule has 0 aliphatic heterocycles. The van der Waals surface area contributed by atoms with Crippen molar-refractivity contribution < 1.29 is 9.50 Å². The van der Waals surface area contributed by atoms with Crippen molar-refractivity contribution in [2.45, 2.75) is 0 Å². The zero-order valence-electron chi connectivity index (χ0n) is 4.50. The molecule has 3 N–H and O–H groups in total. The summed E-state index contributed by atoms with van der Waals surface area (Å²) in [5, 5.41) is 8.64. The molecule has 0 saturated heterocycles. The van der Waals surface area contributed by atoms with E-state index in [1.165, 1.54) is 12.3 Å². The first-order valence-corrected chi connectivity index (χ1v) is 2.31. The molecule has 4 heteroatoms. The average molecular weight is 128 g/mol. The lowest BCUT2D eigenvalue weighted by Gasteiger charge is -1.95. The van der Waals surface area contributed by atoms with Crippen molar-refractivity contribution in [3.8, 4) is 5.75 Å². The number of nitrogens with two attached hydrogens (primary N) is 1. The molecule has 3 nitrogen and oxygen atoms in total. The highest BCUT2D eigenvalue weighted by molar-refractivity contribution is 5.49. The zero-order valence-corrected chi connectivity index (χ0v) is 4.50. The molecule has 1 aromatic heterocycles. The van der Waals surface area contributed by atoms with E-state index >= 15 is 0 Å². The number of hydrogen-bond acceptors (Lipinski definition) is 3. The second kappa shape index (κ2) is 1.89. The van der Waals surface area contributed by atoms with E-state index in [0.717, 1.165) is 0 Å². The van der Waals surface area contributed by atoms with E-state index in [-0.39, 0.29) is 5.69 Å². The van der Waals surface area contributed by atoms with Crippen LogP contribution in [0.2, 0.25) is 0 Å². The van der Waals surface area contributed by atoms with Gasteiger partial charge in [0.2, 0.25) is 0 Å². The van der Waals surface area contributed by atoms with Crippen molar-refractivity contribution in [1.82, 2.24) is 4.98 Å². The molecule has 9 heavy (non-hydrogen) atoms. The van der Waals surface area contributed by atoms with Gasteiger partial charge in [-0.1, -0.05) is 0 Å². The minimum atomic E-state index is -0.935. The Hall–Kier alpha value is -1.32. The first-order valence-electron chi connectivity index (χ1n) is 2.31. The highest BCUT2D eigenvalue weighted by Gasteiger charge is 2.01. The summed E-state index contributed by atoms with van der Waals surface area (Å²) >= 11 is 0. The Balaban J connectivity index is 3.25. The van der Waals surface area contributed by atoms with Gasteiger partial charge in [-0.15, -0.1) is 0 Å². The van der Waals surface area contributed by atoms with Gasteiger partial charge in [-0.25, -0.2) is 4.98 Å². The lowest BCUT2D eigenvalue weighted by molar-refractivity contribution is 0.421. The Morgan fingerprint density at radius 3 is 2.78 bits per heavy atom.